The molecule has 9 aromatic rings. The third-order valence-corrected chi connectivity index (χ3v) is 10.3. The Labute approximate surface area is 228 Å². The Hall–Kier alpha value is -4.52. The van der Waals surface area contributed by atoms with Gasteiger partial charge in [-0.15, -0.1) is 22.7 Å². The lowest BCUT2D eigenvalue weighted by Gasteiger charge is -2.19. The highest BCUT2D eigenvalue weighted by Gasteiger charge is 2.22. The lowest BCUT2D eigenvalue weighted by atomic mass is 10.00. The number of benzene rings is 5. The topological polar surface area (TPSA) is 43.0 Å². The van der Waals surface area contributed by atoms with Gasteiger partial charge in [-0.05, 0) is 67.1 Å². The van der Waals surface area contributed by atoms with Gasteiger partial charge in [0.2, 0.25) is 0 Å². The minimum atomic E-state index is -0.0362. The van der Waals surface area contributed by atoms with Gasteiger partial charge in [-0.2, -0.15) is 0 Å². The number of hydrogen-bond donors (Lipinski definition) is 0. The number of fused-ring (bicyclic) bond motifs is 8. The Balaban J connectivity index is 1.71. The molecule has 0 saturated heterocycles. The molecule has 0 aliphatic heterocycles. The molecule has 0 atom stereocenters. The molecule has 0 aliphatic carbocycles. The van der Waals surface area contributed by atoms with Crippen LogP contribution in [-0.2, 0) is 0 Å². The predicted molar refractivity (Wildman–Crippen MR) is 166 cm³/mol. The molecule has 0 fully saturated rings. The summed E-state index contributed by atoms with van der Waals surface area (Å²) in [5.74, 6) is 0. The van der Waals surface area contributed by atoms with Crippen LogP contribution in [0.3, 0.4) is 0 Å². The first-order chi connectivity index (χ1) is 19.1. The van der Waals surface area contributed by atoms with E-state index in [9.17, 15) is 9.59 Å². The van der Waals surface area contributed by atoms with E-state index in [4.69, 9.17) is 0 Å². The van der Waals surface area contributed by atoms with Gasteiger partial charge in [-0.1, -0.05) is 36.4 Å². The minimum absolute atomic E-state index is 0.0362. The number of aryl methyl sites for hydroxylation is 1. The van der Waals surface area contributed by atoms with Crippen molar-refractivity contribution in [3.05, 3.63) is 117 Å². The number of nitrogens with zero attached hydrogens (tertiary/aromatic N) is 2. The van der Waals surface area contributed by atoms with E-state index in [1.165, 1.54) is 0 Å². The van der Waals surface area contributed by atoms with Crippen LogP contribution in [0.15, 0.2) is 101 Å². The SMILES string of the molecule is Cc1c2c(cc3c(=O)c4cccc5sc6ccccc6n(c13)c54)c(=O)c1cccc3sc4ccccc4n2c31. The molecule has 0 amide bonds. The van der Waals surface area contributed by atoms with Crippen molar-refractivity contribution in [3.63, 3.8) is 0 Å². The summed E-state index contributed by atoms with van der Waals surface area (Å²) in [6, 6.07) is 30.4. The van der Waals surface area contributed by atoms with Gasteiger partial charge in [-0.3, -0.25) is 9.59 Å². The van der Waals surface area contributed by atoms with Crippen molar-refractivity contribution in [1.82, 2.24) is 8.80 Å². The van der Waals surface area contributed by atoms with Crippen LogP contribution in [-0.4, -0.2) is 8.80 Å². The molecule has 0 aliphatic rings. The molecule has 6 heteroatoms. The molecule has 5 aromatic carbocycles. The normalized spacial score (nSPS) is 12.4. The van der Waals surface area contributed by atoms with Gasteiger partial charge in [0, 0.05) is 21.5 Å². The smallest absolute Gasteiger partial charge is 0.197 e. The summed E-state index contributed by atoms with van der Waals surface area (Å²) in [7, 11) is 0. The van der Waals surface area contributed by atoms with Crippen molar-refractivity contribution in [2.24, 2.45) is 0 Å². The van der Waals surface area contributed by atoms with Gasteiger partial charge in [-0.25, -0.2) is 0 Å². The summed E-state index contributed by atoms with van der Waals surface area (Å²) in [5.41, 5.74) is 6.53. The highest BCUT2D eigenvalue weighted by molar-refractivity contribution is 7.24. The Morgan fingerprint density at radius 1 is 0.487 bits per heavy atom. The van der Waals surface area contributed by atoms with Crippen LogP contribution >= 0.6 is 22.7 Å². The van der Waals surface area contributed by atoms with Crippen LogP contribution in [0.4, 0.5) is 0 Å². The first kappa shape index (κ1) is 21.4. The lowest BCUT2D eigenvalue weighted by molar-refractivity contribution is 1.27. The van der Waals surface area contributed by atoms with Crippen molar-refractivity contribution < 1.29 is 0 Å². The maximum Gasteiger partial charge on any atom is 0.197 e. The molecule has 4 nitrogen and oxygen atoms in total. The second-order valence-electron chi connectivity index (χ2n) is 10.1. The van der Waals surface area contributed by atoms with E-state index in [-0.39, 0.29) is 10.9 Å². The Kier molecular flexibility index (Phi) is 4.02. The molecule has 0 radical (unpaired) electrons. The molecule has 0 bridgehead atoms. The van der Waals surface area contributed by atoms with E-state index in [1.807, 2.05) is 42.5 Å². The number of pyridine rings is 2. The van der Waals surface area contributed by atoms with E-state index in [0.29, 0.717) is 21.5 Å². The van der Waals surface area contributed by atoms with Crippen LogP contribution in [0.1, 0.15) is 5.56 Å². The van der Waals surface area contributed by atoms with Gasteiger partial charge < -0.3 is 8.80 Å². The first-order valence-corrected chi connectivity index (χ1v) is 14.4. The number of aromatic nitrogens is 2. The van der Waals surface area contributed by atoms with E-state index < -0.39 is 0 Å². The Morgan fingerprint density at radius 3 is 1.41 bits per heavy atom. The van der Waals surface area contributed by atoms with Crippen LogP contribution in [0.2, 0.25) is 0 Å². The zero-order chi connectivity index (χ0) is 26.0. The summed E-state index contributed by atoms with van der Waals surface area (Å²) in [4.78, 5) is 28.2. The molecular formula is C33H18N2O2S2. The molecule has 4 heterocycles. The molecule has 0 saturated carbocycles. The van der Waals surface area contributed by atoms with Gasteiger partial charge in [0.25, 0.3) is 0 Å². The van der Waals surface area contributed by atoms with E-state index in [0.717, 1.165) is 57.5 Å². The van der Waals surface area contributed by atoms with E-state index >= 15 is 0 Å². The third kappa shape index (κ3) is 2.58. The lowest BCUT2D eigenvalue weighted by Crippen LogP contribution is -2.14. The number of rotatable bonds is 0. The first-order valence-electron chi connectivity index (χ1n) is 12.8. The molecule has 4 aromatic heterocycles. The van der Waals surface area contributed by atoms with Crippen LogP contribution in [0.5, 0.6) is 0 Å². The quantitative estimate of drug-likeness (QED) is 0.144. The zero-order valence-electron chi connectivity index (χ0n) is 20.7. The van der Waals surface area contributed by atoms with Crippen LogP contribution < -0.4 is 10.9 Å². The maximum atomic E-state index is 14.1. The average Bonchev–Trinajstić information content (AvgIpc) is 2.97. The second-order valence-corrected chi connectivity index (χ2v) is 12.2. The second kappa shape index (κ2) is 7.32. The molecular weight excluding hydrogens is 521 g/mol. The highest BCUT2D eigenvalue weighted by Crippen LogP contribution is 2.38. The summed E-state index contributed by atoms with van der Waals surface area (Å²) in [5, 5.41) is 2.49. The average molecular weight is 539 g/mol. The summed E-state index contributed by atoms with van der Waals surface area (Å²) >= 11 is 3.40. The fourth-order valence-electron chi connectivity index (χ4n) is 6.45. The monoisotopic (exact) mass is 538 g/mol. The Bertz CT molecular complexity index is 2490. The molecule has 184 valence electrons. The van der Waals surface area contributed by atoms with Crippen LogP contribution in [0.25, 0.3) is 73.4 Å². The van der Waals surface area contributed by atoms with Crippen molar-refractivity contribution in [2.45, 2.75) is 6.92 Å². The number of para-hydroxylation sites is 4. The largest absolute Gasteiger partial charge is 0.306 e. The van der Waals surface area contributed by atoms with Crippen molar-refractivity contribution in [1.29, 1.82) is 0 Å². The molecule has 0 spiro atoms. The zero-order valence-corrected chi connectivity index (χ0v) is 22.3. The number of hydrogen-bond acceptors (Lipinski definition) is 4. The minimum Gasteiger partial charge on any atom is -0.306 e. The van der Waals surface area contributed by atoms with Crippen LogP contribution in [0, 0.1) is 6.92 Å². The maximum absolute atomic E-state index is 14.1. The van der Waals surface area contributed by atoms with Gasteiger partial charge >= 0.3 is 0 Å². The van der Waals surface area contributed by atoms with Gasteiger partial charge in [0.15, 0.2) is 10.9 Å². The molecule has 9 rings (SSSR count). The summed E-state index contributed by atoms with van der Waals surface area (Å²) < 4.78 is 8.90. The Morgan fingerprint density at radius 2 is 0.923 bits per heavy atom. The predicted octanol–water partition coefficient (Wildman–Crippen LogP) is 8.26. The fourth-order valence-corrected chi connectivity index (χ4v) is 8.63. The van der Waals surface area contributed by atoms with E-state index in [1.54, 1.807) is 22.7 Å². The third-order valence-electron chi connectivity index (χ3n) is 8.03. The standard InChI is InChI=1S/C33H18N2O2S2/c1-17-28-20(32(36)18-8-6-14-26-30(18)34(28)22-10-2-4-12-24(22)38-26)16-21-29(17)35-23-11-3-5-13-25(23)39-27-15-7-9-19(31(27)35)33(21)37/h2-16H,1H3. The molecule has 0 N–H and O–H groups in total. The van der Waals surface area contributed by atoms with E-state index in [2.05, 4.69) is 64.3 Å². The molecule has 39 heavy (non-hydrogen) atoms. The fraction of sp³-hybridized carbons (Fsp3) is 0.0303. The van der Waals surface area contributed by atoms with Crippen molar-refractivity contribution in [2.75, 3.05) is 0 Å². The summed E-state index contributed by atoms with van der Waals surface area (Å²) in [6.07, 6.45) is 0. The summed E-state index contributed by atoms with van der Waals surface area (Å²) in [6.45, 7) is 2.06. The van der Waals surface area contributed by atoms with Gasteiger partial charge in [0.1, 0.15) is 0 Å². The van der Waals surface area contributed by atoms with Crippen molar-refractivity contribution in [3.8, 4) is 0 Å². The van der Waals surface area contributed by atoms with Crippen molar-refractivity contribution >= 4 is 96.1 Å². The van der Waals surface area contributed by atoms with Gasteiger partial charge in [0.05, 0.1) is 51.9 Å². The highest BCUT2D eigenvalue weighted by atomic mass is 32.1. The molecule has 0 unspecified atom stereocenters.